The third-order valence-corrected chi connectivity index (χ3v) is 3.54. The van der Waals surface area contributed by atoms with E-state index < -0.39 is 0 Å². The van der Waals surface area contributed by atoms with E-state index >= 15 is 0 Å². The average molecular weight is 268 g/mol. The van der Waals surface area contributed by atoms with E-state index in [1.54, 1.807) is 0 Å². The van der Waals surface area contributed by atoms with E-state index in [2.05, 4.69) is 68.3 Å². The summed E-state index contributed by atoms with van der Waals surface area (Å²) in [5.74, 6) is 0. The van der Waals surface area contributed by atoms with Crippen LogP contribution < -0.4 is 5.32 Å². The van der Waals surface area contributed by atoms with Gasteiger partial charge in [0, 0.05) is 12.4 Å². The van der Waals surface area contributed by atoms with Crippen LogP contribution in [0.3, 0.4) is 0 Å². The molecule has 0 fully saturated rings. The van der Waals surface area contributed by atoms with Gasteiger partial charge < -0.3 is 5.32 Å². The minimum absolute atomic E-state index is 0.195. The van der Waals surface area contributed by atoms with Crippen LogP contribution in [0.4, 0.5) is 0 Å². The van der Waals surface area contributed by atoms with E-state index in [9.17, 15) is 0 Å². The molecule has 0 bridgehead atoms. The molecule has 2 heteroatoms. The molecule has 0 aliphatic carbocycles. The van der Waals surface area contributed by atoms with Crippen LogP contribution >= 0.6 is 0 Å². The van der Waals surface area contributed by atoms with Gasteiger partial charge in [-0.2, -0.15) is 0 Å². The molecule has 0 saturated carbocycles. The summed E-state index contributed by atoms with van der Waals surface area (Å²) in [4.78, 5) is 4.23. The van der Waals surface area contributed by atoms with Gasteiger partial charge in [-0.3, -0.25) is 4.98 Å². The second kappa shape index (κ2) is 6.19. The number of hydrogen-bond donors (Lipinski definition) is 1. The maximum absolute atomic E-state index is 4.23. The predicted octanol–water partition coefficient (Wildman–Crippen LogP) is 4.08. The van der Waals surface area contributed by atoms with E-state index in [1.807, 2.05) is 18.5 Å². The highest BCUT2D eigenvalue weighted by atomic mass is 14.9. The molecule has 20 heavy (non-hydrogen) atoms. The lowest BCUT2D eigenvalue weighted by atomic mass is 9.86. The van der Waals surface area contributed by atoms with Crippen LogP contribution in [0.5, 0.6) is 0 Å². The monoisotopic (exact) mass is 268 g/mol. The Bertz CT molecular complexity index is 524. The lowest BCUT2D eigenvalue weighted by molar-refractivity contribution is 0.587. The van der Waals surface area contributed by atoms with Gasteiger partial charge in [-0.05, 0) is 34.7 Å². The molecule has 2 nitrogen and oxygen atoms in total. The van der Waals surface area contributed by atoms with Crippen molar-refractivity contribution in [2.24, 2.45) is 0 Å². The van der Waals surface area contributed by atoms with E-state index in [0.29, 0.717) is 0 Å². The molecule has 1 atom stereocenters. The van der Waals surface area contributed by atoms with E-state index in [4.69, 9.17) is 0 Å². The van der Waals surface area contributed by atoms with Gasteiger partial charge in [-0.1, -0.05) is 58.0 Å². The SMILES string of the molecule is CCNC(c1ccc(C(C)(C)C)cc1)c1cccnc1. The predicted molar refractivity (Wildman–Crippen MR) is 84.9 cm³/mol. The quantitative estimate of drug-likeness (QED) is 0.904. The van der Waals surface area contributed by atoms with Gasteiger partial charge in [0.2, 0.25) is 0 Å². The number of pyridine rings is 1. The first-order chi connectivity index (χ1) is 9.52. The molecular weight excluding hydrogens is 244 g/mol. The number of nitrogens with zero attached hydrogens (tertiary/aromatic N) is 1. The van der Waals surface area contributed by atoms with Crippen LogP contribution in [0.15, 0.2) is 48.8 Å². The summed E-state index contributed by atoms with van der Waals surface area (Å²) >= 11 is 0. The van der Waals surface area contributed by atoms with E-state index in [0.717, 1.165) is 6.54 Å². The molecule has 0 aliphatic rings. The normalized spacial score (nSPS) is 13.2. The highest BCUT2D eigenvalue weighted by molar-refractivity contribution is 5.34. The Morgan fingerprint density at radius 3 is 2.25 bits per heavy atom. The van der Waals surface area contributed by atoms with Crippen LogP contribution in [0.1, 0.15) is 50.4 Å². The molecule has 1 N–H and O–H groups in total. The number of hydrogen-bond acceptors (Lipinski definition) is 2. The molecule has 106 valence electrons. The van der Waals surface area contributed by atoms with Gasteiger partial charge in [-0.15, -0.1) is 0 Å². The molecule has 2 aromatic rings. The summed E-state index contributed by atoms with van der Waals surface area (Å²) in [5.41, 5.74) is 4.05. The van der Waals surface area contributed by atoms with Crippen LogP contribution in [0.2, 0.25) is 0 Å². The van der Waals surface area contributed by atoms with Crippen molar-refractivity contribution in [3.8, 4) is 0 Å². The number of rotatable bonds is 4. The second-order valence-electron chi connectivity index (χ2n) is 6.15. The molecule has 1 heterocycles. The lowest BCUT2D eigenvalue weighted by Crippen LogP contribution is -2.22. The topological polar surface area (TPSA) is 24.9 Å². The smallest absolute Gasteiger partial charge is 0.0591 e. The zero-order chi connectivity index (χ0) is 14.6. The highest BCUT2D eigenvalue weighted by Crippen LogP contribution is 2.26. The van der Waals surface area contributed by atoms with Gasteiger partial charge in [0.05, 0.1) is 6.04 Å². The van der Waals surface area contributed by atoms with Crippen molar-refractivity contribution in [2.75, 3.05) is 6.54 Å². The molecule has 0 radical (unpaired) electrons. The fraction of sp³-hybridized carbons (Fsp3) is 0.389. The summed E-state index contributed by atoms with van der Waals surface area (Å²) in [6.07, 6.45) is 3.75. The molecule has 0 spiro atoms. The Labute approximate surface area is 122 Å². The molecular formula is C18H24N2. The van der Waals surface area contributed by atoms with Crippen molar-refractivity contribution in [2.45, 2.75) is 39.2 Å². The highest BCUT2D eigenvalue weighted by Gasteiger charge is 2.16. The van der Waals surface area contributed by atoms with Crippen molar-refractivity contribution in [3.63, 3.8) is 0 Å². The number of nitrogens with one attached hydrogen (secondary N) is 1. The zero-order valence-corrected chi connectivity index (χ0v) is 12.9. The van der Waals surface area contributed by atoms with Crippen LogP contribution in [-0.2, 0) is 5.41 Å². The summed E-state index contributed by atoms with van der Waals surface area (Å²) in [6, 6.07) is 13.2. The minimum Gasteiger partial charge on any atom is -0.306 e. The summed E-state index contributed by atoms with van der Waals surface area (Å²) < 4.78 is 0. The van der Waals surface area contributed by atoms with Crippen molar-refractivity contribution in [3.05, 3.63) is 65.5 Å². The summed E-state index contributed by atoms with van der Waals surface area (Å²) in [6.45, 7) is 9.79. The number of aromatic nitrogens is 1. The molecule has 2 rings (SSSR count). The maximum Gasteiger partial charge on any atom is 0.0591 e. The Balaban J connectivity index is 2.31. The fourth-order valence-corrected chi connectivity index (χ4v) is 2.35. The molecule has 0 saturated heterocycles. The first-order valence-electron chi connectivity index (χ1n) is 7.26. The molecule has 0 amide bonds. The van der Waals surface area contributed by atoms with Crippen molar-refractivity contribution in [1.82, 2.24) is 10.3 Å². The maximum atomic E-state index is 4.23. The summed E-state index contributed by atoms with van der Waals surface area (Å²) in [5, 5.41) is 3.53. The molecule has 1 aromatic carbocycles. The second-order valence-corrected chi connectivity index (χ2v) is 6.15. The summed E-state index contributed by atoms with van der Waals surface area (Å²) in [7, 11) is 0. The van der Waals surface area contributed by atoms with E-state index in [1.165, 1.54) is 16.7 Å². The van der Waals surface area contributed by atoms with Gasteiger partial charge in [0.25, 0.3) is 0 Å². The van der Waals surface area contributed by atoms with E-state index in [-0.39, 0.29) is 11.5 Å². The number of benzene rings is 1. The third kappa shape index (κ3) is 3.45. The van der Waals surface area contributed by atoms with Crippen molar-refractivity contribution >= 4 is 0 Å². The van der Waals surface area contributed by atoms with Crippen LogP contribution in [-0.4, -0.2) is 11.5 Å². The Morgan fingerprint density at radius 1 is 1.05 bits per heavy atom. The Morgan fingerprint density at radius 2 is 1.75 bits per heavy atom. The fourth-order valence-electron chi connectivity index (χ4n) is 2.35. The molecule has 0 aliphatic heterocycles. The Hall–Kier alpha value is -1.67. The van der Waals surface area contributed by atoms with Crippen molar-refractivity contribution in [1.29, 1.82) is 0 Å². The minimum atomic E-state index is 0.195. The Kier molecular flexibility index (Phi) is 4.56. The molecule has 1 unspecified atom stereocenters. The first kappa shape index (κ1) is 14.7. The molecule has 1 aromatic heterocycles. The van der Waals surface area contributed by atoms with Gasteiger partial charge >= 0.3 is 0 Å². The average Bonchev–Trinajstić information content (AvgIpc) is 2.45. The van der Waals surface area contributed by atoms with Crippen molar-refractivity contribution < 1.29 is 0 Å². The van der Waals surface area contributed by atoms with Gasteiger partial charge in [-0.25, -0.2) is 0 Å². The standard InChI is InChI=1S/C18H24N2/c1-5-20-17(15-7-6-12-19-13-15)14-8-10-16(11-9-14)18(2,3)4/h6-13,17,20H,5H2,1-4H3. The lowest BCUT2D eigenvalue weighted by Gasteiger charge is -2.22. The van der Waals surface area contributed by atoms with Crippen LogP contribution in [0.25, 0.3) is 0 Å². The largest absolute Gasteiger partial charge is 0.306 e. The van der Waals surface area contributed by atoms with Gasteiger partial charge in [0.15, 0.2) is 0 Å². The van der Waals surface area contributed by atoms with Gasteiger partial charge in [0.1, 0.15) is 0 Å². The van der Waals surface area contributed by atoms with Crippen LogP contribution in [0, 0.1) is 0 Å². The first-order valence-corrected chi connectivity index (χ1v) is 7.26. The third-order valence-electron chi connectivity index (χ3n) is 3.54. The zero-order valence-electron chi connectivity index (χ0n) is 12.9.